The minimum atomic E-state index is -1.24. The first-order valence-corrected chi connectivity index (χ1v) is 8.80. The van der Waals surface area contributed by atoms with Crippen LogP contribution in [0.1, 0.15) is 28.4 Å². The van der Waals surface area contributed by atoms with Gasteiger partial charge in [0.1, 0.15) is 11.4 Å². The Bertz CT molecular complexity index is 1250. The fourth-order valence-electron chi connectivity index (χ4n) is 3.32. The molecule has 3 rings (SSSR count). The third-order valence-corrected chi connectivity index (χ3v) is 4.60. The van der Waals surface area contributed by atoms with Gasteiger partial charge in [0.15, 0.2) is 0 Å². The number of hydrogen-bond donors (Lipinski definition) is 1. The zero-order valence-corrected chi connectivity index (χ0v) is 15.9. The van der Waals surface area contributed by atoms with Crippen molar-refractivity contribution in [2.45, 2.75) is 20.5 Å². The molecule has 2 aromatic carbocycles. The van der Waals surface area contributed by atoms with Gasteiger partial charge in [-0.1, -0.05) is 0 Å². The lowest BCUT2D eigenvalue weighted by Gasteiger charge is -2.18. The molecule has 0 unspecified atom stereocenters. The minimum absolute atomic E-state index is 0.0254. The molecular weight excluding hydrogens is 402 g/mol. The molecule has 0 spiro atoms. The molecule has 0 atom stereocenters. The Balaban J connectivity index is 2.55. The Kier molecular flexibility index (Phi) is 5.61. The van der Waals surface area contributed by atoms with E-state index in [0.29, 0.717) is 6.07 Å². The third kappa shape index (κ3) is 3.41. The van der Waals surface area contributed by atoms with Crippen molar-refractivity contribution in [3.8, 4) is 5.69 Å². The van der Waals surface area contributed by atoms with Crippen LogP contribution < -0.4 is 5.43 Å². The summed E-state index contributed by atoms with van der Waals surface area (Å²) >= 11 is 0. The number of rotatable bonds is 5. The van der Waals surface area contributed by atoms with Gasteiger partial charge in [-0.3, -0.25) is 14.9 Å². The fourth-order valence-corrected chi connectivity index (χ4v) is 3.32. The van der Waals surface area contributed by atoms with Gasteiger partial charge in [0.2, 0.25) is 11.2 Å². The molecule has 8 nitrogen and oxygen atoms in total. The number of esters is 1. The van der Waals surface area contributed by atoms with Gasteiger partial charge in [-0.2, -0.15) is 4.39 Å². The van der Waals surface area contributed by atoms with Gasteiger partial charge < -0.3 is 14.4 Å². The van der Waals surface area contributed by atoms with Crippen LogP contribution >= 0.6 is 0 Å². The molecule has 1 heterocycles. The summed E-state index contributed by atoms with van der Waals surface area (Å²) < 4.78 is 34.2. The maximum absolute atomic E-state index is 14.4. The van der Waals surface area contributed by atoms with E-state index in [-0.39, 0.29) is 34.3 Å². The van der Waals surface area contributed by atoms with Crippen LogP contribution in [0.5, 0.6) is 0 Å². The van der Waals surface area contributed by atoms with E-state index in [4.69, 9.17) is 4.74 Å². The topological polar surface area (TPSA) is 112 Å². The van der Waals surface area contributed by atoms with E-state index < -0.39 is 45.8 Å². The number of nitro benzene ring substituents is 1. The molecule has 0 saturated carbocycles. The van der Waals surface area contributed by atoms with E-state index in [2.05, 4.69) is 0 Å². The van der Waals surface area contributed by atoms with E-state index >= 15 is 0 Å². The average molecular weight is 418 g/mol. The second kappa shape index (κ2) is 7.99. The number of fused-ring (bicyclic) bond motifs is 1. The van der Waals surface area contributed by atoms with E-state index in [0.717, 1.165) is 18.3 Å². The average Bonchev–Trinajstić information content (AvgIpc) is 2.68. The van der Waals surface area contributed by atoms with Gasteiger partial charge in [-0.15, -0.1) is 0 Å². The van der Waals surface area contributed by atoms with Crippen molar-refractivity contribution < 1.29 is 28.3 Å². The van der Waals surface area contributed by atoms with Crippen LogP contribution in [0.2, 0.25) is 0 Å². The summed E-state index contributed by atoms with van der Waals surface area (Å²) in [7, 11) is 0. The Labute approximate surface area is 168 Å². The van der Waals surface area contributed by atoms with E-state index in [1.165, 1.54) is 24.5 Å². The predicted octanol–water partition coefficient (Wildman–Crippen LogP) is 3.15. The number of halogens is 2. The van der Waals surface area contributed by atoms with Crippen LogP contribution in [0.4, 0.5) is 14.5 Å². The lowest BCUT2D eigenvalue weighted by Crippen LogP contribution is -2.22. The van der Waals surface area contributed by atoms with Gasteiger partial charge in [-0.05, 0) is 38.1 Å². The number of carbonyl (C=O) groups is 1. The highest BCUT2D eigenvalue weighted by atomic mass is 19.1. The monoisotopic (exact) mass is 418 g/mol. The molecular formula is C20H16F2N2O6. The maximum atomic E-state index is 14.4. The zero-order chi connectivity index (χ0) is 22.2. The number of nitro groups is 1. The number of pyridine rings is 1. The highest BCUT2D eigenvalue weighted by molar-refractivity contribution is 5.96. The second-order valence-corrected chi connectivity index (χ2v) is 6.38. The number of hydrogen-bond acceptors (Lipinski definition) is 6. The van der Waals surface area contributed by atoms with Crippen LogP contribution in [0, 0.1) is 28.7 Å². The summed E-state index contributed by atoms with van der Waals surface area (Å²) in [6.45, 7) is 2.17. The van der Waals surface area contributed by atoms with E-state index in [9.17, 15) is 33.6 Å². The van der Waals surface area contributed by atoms with Gasteiger partial charge in [0.25, 0.3) is 0 Å². The molecule has 10 heteroatoms. The Morgan fingerprint density at radius 3 is 2.60 bits per heavy atom. The lowest BCUT2D eigenvalue weighted by molar-refractivity contribution is -0.388. The standard InChI is InChI=1S/C20H16F2N2O6/c1-3-30-20(27)14-8-23(16-5-4-12(21)6-11(16)9-25)17-10(2)18(24(28)29)15(22)7-13(17)19(14)26/h4-8,25H,3,9H2,1-2H3. The number of aryl methyl sites for hydroxylation is 1. The van der Waals surface area contributed by atoms with Gasteiger partial charge in [0.05, 0.1) is 40.3 Å². The molecule has 0 aliphatic rings. The Morgan fingerprint density at radius 2 is 2.00 bits per heavy atom. The number of ether oxygens (including phenoxy) is 1. The van der Waals surface area contributed by atoms with Crippen molar-refractivity contribution >= 4 is 22.6 Å². The van der Waals surface area contributed by atoms with Crippen molar-refractivity contribution in [2.75, 3.05) is 6.61 Å². The van der Waals surface area contributed by atoms with Crippen molar-refractivity contribution in [3.05, 3.63) is 79.1 Å². The summed E-state index contributed by atoms with van der Waals surface area (Å²) in [5, 5.41) is 20.7. The summed E-state index contributed by atoms with van der Waals surface area (Å²) in [5.41, 5.74) is -2.14. The SMILES string of the molecule is CCOC(=O)c1cn(-c2ccc(F)cc2CO)c2c(C)c([N+](=O)[O-])c(F)cc2c1=O. The summed E-state index contributed by atoms with van der Waals surface area (Å²) in [6, 6.07) is 4.07. The zero-order valence-electron chi connectivity index (χ0n) is 15.9. The molecule has 30 heavy (non-hydrogen) atoms. The molecule has 0 amide bonds. The summed E-state index contributed by atoms with van der Waals surface area (Å²) in [5.74, 6) is -2.86. The molecule has 3 aromatic rings. The molecule has 1 N–H and O–H groups in total. The van der Waals surface area contributed by atoms with Crippen molar-refractivity contribution in [1.29, 1.82) is 0 Å². The molecule has 0 bridgehead atoms. The number of benzene rings is 2. The van der Waals surface area contributed by atoms with Gasteiger partial charge in [0, 0.05) is 11.8 Å². The first kappa shape index (κ1) is 21.1. The molecule has 0 radical (unpaired) electrons. The van der Waals surface area contributed by atoms with Crippen LogP contribution in [0.15, 0.2) is 35.3 Å². The Morgan fingerprint density at radius 1 is 1.30 bits per heavy atom. The Hall–Kier alpha value is -3.66. The van der Waals surface area contributed by atoms with E-state index in [1.54, 1.807) is 0 Å². The highest BCUT2D eigenvalue weighted by Crippen LogP contribution is 2.32. The predicted molar refractivity (Wildman–Crippen MR) is 103 cm³/mol. The molecule has 0 aliphatic heterocycles. The second-order valence-electron chi connectivity index (χ2n) is 6.38. The lowest BCUT2D eigenvalue weighted by atomic mass is 10.0. The van der Waals surface area contributed by atoms with Crippen molar-refractivity contribution in [1.82, 2.24) is 4.57 Å². The minimum Gasteiger partial charge on any atom is -0.462 e. The number of aliphatic hydroxyl groups excluding tert-OH is 1. The molecule has 0 fully saturated rings. The molecule has 0 aliphatic carbocycles. The fraction of sp³-hybridized carbons (Fsp3) is 0.200. The van der Waals surface area contributed by atoms with Crippen molar-refractivity contribution in [2.24, 2.45) is 0 Å². The number of aliphatic hydroxyl groups is 1. The molecule has 0 saturated heterocycles. The summed E-state index contributed by atoms with van der Waals surface area (Å²) in [6.07, 6.45) is 1.09. The normalized spacial score (nSPS) is 11.0. The van der Waals surface area contributed by atoms with Crippen molar-refractivity contribution in [3.63, 3.8) is 0 Å². The van der Waals surface area contributed by atoms with E-state index in [1.807, 2.05) is 0 Å². The van der Waals surface area contributed by atoms with Crippen LogP contribution in [0.3, 0.4) is 0 Å². The van der Waals surface area contributed by atoms with Crippen LogP contribution in [-0.2, 0) is 11.3 Å². The molecule has 1 aromatic heterocycles. The quantitative estimate of drug-likeness (QED) is 0.387. The number of carbonyl (C=O) groups excluding carboxylic acids is 1. The highest BCUT2D eigenvalue weighted by Gasteiger charge is 2.27. The van der Waals surface area contributed by atoms with Crippen LogP contribution in [0.25, 0.3) is 16.6 Å². The van der Waals surface area contributed by atoms with Crippen LogP contribution in [-0.4, -0.2) is 27.2 Å². The largest absolute Gasteiger partial charge is 0.462 e. The number of nitrogens with zero attached hydrogens (tertiary/aromatic N) is 2. The smallest absolute Gasteiger partial charge is 0.343 e. The first-order chi connectivity index (χ1) is 14.2. The number of aromatic nitrogens is 1. The first-order valence-electron chi connectivity index (χ1n) is 8.80. The maximum Gasteiger partial charge on any atom is 0.343 e. The summed E-state index contributed by atoms with van der Waals surface area (Å²) in [4.78, 5) is 35.6. The molecule has 156 valence electrons. The van der Waals surface area contributed by atoms with Gasteiger partial charge in [-0.25, -0.2) is 9.18 Å². The van der Waals surface area contributed by atoms with Gasteiger partial charge >= 0.3 is 11.7 Å². The third-order valence-electron chi connectivity index (χ3n) is 4.60.